The molecule has 1 saturated heterocycles. The molecule has 1 amide bonds. The molecule has 2 rings (SSSR count). The summed E-state index contributed by atoms with van der Waals surface area (Å²) in [7, 11) is 0.172. The Hall–Kier alpha value is -1.56. The third-order valence-corrected chi connectivity index (χ3v) is 5.87. The van der Waals surface area contributed by atoms with Crippen LogP contribution < -0.4 is 4.74 Å². The molecule has 1 aliphatic heterocycles. The van der Waals surface area contributed by atoms with E-state index in [1.165, 1.54) is 12.0 Å². The molecule has 1 heterocycles. The van der Waals surface area contributed by atoms with Crippen molar-refractivity contribution < 1.29 is 17.9 Å². The largest absolute Gasteiger partial charge is 0.496 e. The molecule has 6 heteroatoms. The second-order valence-electron chi connectivity index (χ2n) is 5.61. The first-order valence-corrected chi connectivity index (χ1v) is 8.70. The first-order chi connectivity index (χ1) is 9.75. The summed E-state index contributed by atoms with van der Waals surface area (Å²) in [6.45, 7) is 3.89. The van der Waals surface area contributed by atoms with Crippen LogP contribution >= 0.6 is 0 Å². The Kier molecular flexibility index (Phi) is 4.27. The van der Waals surface area contributed by atoms with Crippen molar-refractivity contribution >= 4 is 15.7 Å². The van der Waals surface area contributed by atoms with Crippen LogP contribution in [-0.2, 0) is 9.84 Å². The average molecular weight is 311 g/mol. The van der Waals surface area contributed by atoms with E-state index in [1.807, 2.05) is 19.9 Å². The summed E-state index contributed by atoms with van der Waals surface area (Å²) in [5.41, 5.74) is 2.54. The van der Waals surface area contributed by atoms with Crippen LogP contribution in [-0.4, -0.2) is 50.9 Å². The van der Waals surface area contributed by atoms with Gasteiger partial charge in [0.25, 0.3) is 5.91 Å². The van der Waals surface area contributed by atoms with E-state index < -0.39 is 9.84 Å². The van der Waals surface area contributed by atoms with Gasteiger partial charge in [-0.15, -0.1) is 0 Å². The van der Waals surface area contributed by atoms with Crippen molar-refractivity contribution in [3.8, 4) is 5.75 Å². The SMILES string of the molecule is COc1cc(C)c(C)cc1C(=O)N(C)C1CCS(=O)(=O)C1. The molecule has 21 heavy (non-hydrogen) atoms. The smallest absolute Gasteiger partial charge is 0.257 e. The second-order valence-corrected chi connectivity index (χ2v) is 7.84. The number of rotatable bonds is 3. The minimum absolute atomic E-state index is 0.0440. The molecule has 0 N–H and O–H groups in total. The highest BCUT2D eigenvalue weighted by atomic mass is 32.2. The Morgan fingerprint density at radius 1 is 1.29 bits per heavy atom. The number of hydrogen-bond donors (Lipinski definition) is 0. The Labute approximate surface area is 125 Å². The number of ether oxygens (including phenoxy) is 1. The number of hydrogen-bond acceptors (Lipinski definition) is 4. The van der Waals surface area contributed by atoms with E-state index in [0.717, 1.165) is 11.1 Å². The van der Waals surface area contributed by atoms with Gasteiger partial charge in [-0.2, -0.15) is 0 Å². The van der Waals surface area contributed by atoms with Crippen molar-refractivity contribution in [2.75, 3.05) is 25.7 Å². The van der Waals surface area contributed by atoms with Gasteiger partial charge < -0.3 is 9.64 Å². The summed E-state index contributed by atoms with van der Waals surface area (Å²) in [6, 6.07) is 3.38. The summed E-state index contributed by atoms with van der Waals surface area (Å²) < 4.78 is 28.4. The molecule has 0 aromatic heterocycles. The number of carbonyl (C=O) groups is 1. The lowest BCUT2D eigenvalue weighted by atomic mass is 10.0. The van der Waals surface area contributed by atoms with Crippen molar-refractivity contribution in [3.63, 3.8) is 0 Å². The number of carbonyl (C=O) groups excluding carboxylic acids is 1. The quantitative estimate of drug-likeness (QED) is 0.850. The van der Waals surface area contributed by atoms with Crippen LogP contribution in [0.1, 0.15) is 27.9 Å². The predicted octanol–water partition coefficient (Wildman–Crippen LogP) is 1.57. The van der Waals surface area contributed by atoms with Gasteiger partial charge in [-0.1, -0.05) is 0 Å². The maximum absolute atomic E-state index is 12.6. The highest BCUT2D eigenvalue weighted by molar-refractivity contribution is 7.91. The van der Waals surface area contributed by atoms with Gasteiger partial charge in [-0.3, -0.25) is 4.79 Å². The van der Waals surface area contributed by atoms with E-state index in [2.05, 4.69) is 0 Å². The van der Waals surface area contributed by atoms with Crippen molar-refractivity contribution in [3.05, 3.63) is 28.8 Å². The number of methoxy groups -OCH3 is 1. The van der Waals surface area contributed by atoms with Crippen LogP contribution in [0.5, 0.6) is 5.75 Å². The highest BCUT2D eigenvalue weighted by Crippen LogP contribution is 2.26. The Bertz CT molecular complexity index is 666. The lowest BCUT2D eigenvalue weighted by molar-refractivity contribution is 0.0744. The molecule has 0 saturated carbocycles. The minimum atomic E-state index is -3.01. The Balaban J connectivity index is 2.30. The first kappa shape index (κ1) is 15.8. The van der Waals surface area contributed by atoms with Crippen LogP contribution in [0.25, 0.3) is 0 Å². The van der Waals surface area contributed by atoms with E-state index in [0.29, 0.717) is 17.7 Å². The molecule has 1 unspecified atom stereocenters. The van der Waals surface area contributed by atoms with Crippen LogP contribution in [0.3, 0.4) is 0 Å². The molecule has 1 aliphatic rings. The number of sulfone groups is 1. The van der Waals surface area contributed by atoms with Gasteiger partial charge in [-0.25, -0.2) is 8.42 Å². The number of nitrogens with zero attached hydrogens (tertiary/aromatic N) is 1. The number of amides is 1. The first-order valence-electron chi connectivity index (χ1n) is 6.88. The van der Waals surface area contributed by atoms with Gasteiger partial charge in [-0.05, 0) is 43.5 Å². The summed E-state index contributed by atoms with van der Waals surface area (Å²) in [5.74, 6) is 0.523. The Morgan fingerprint density at radius 3 is 2.43 bits per heavy atom. The fraction of sp³-hybridized carbons (Fsp3) is 0.533. The molecule has 0 radical (unpaired) electrons. The second kappa shape index (κ2) is 5.67. The van der Waals surface area contributed by atoms with E-state index in [-0.39, 0.29) is 23.5 Å². The van der Waals surface area contributed by atoms with Crippen molar-refractivity contribution in [2.24, 2.45) is 0 Å². The van der Waals surface area contributed by atoms with Gasteiger partial charge in [0.1, 0.15) is 5.75 Å². The molecular formula is C15H21NO4S. The standard InChI is InChI=1S/C15H21NO4S/c1-10-7-13(14(20-4)8-11(10)2)15(17)16(3)12-5-6-21(18,19)9-12/h7-8,12H,5-6,9H2,1-4H3. The molecule has 5 nitrogen and oxygen atoms in total. The lowest BCUT2D eigenvalue weighted by Crippen LogP contribution is -2.38. The Morgan fingerprint density at radius 2 is 1.90 bits per heavy atom. The van der Waals surface area contributed by atoms with Gasteiger partial charge in [0.2, 0.25) is 0 Å². The zero-order valence-electron chi connectivity index (χ0n) is 12.8. The lowest BCUT2D eigenvalue weighted by Gasteiger charge is -2.24. The molecule has 116 valence electrons. The maximum atomic E-state index is 12.6. The fourth-order valence-corrected chi connectivity index (χ4v) is 4.34. The van der Waals surface area contributed by atoms with Crippen LogP contribution in [0.2, 0.25) is 0 Å². The number of aryl methyl sites for hydroxylation is 2. The van der Waals surface area contributed by atoms with E-state index in [1.54, 1.807) is 13.1 Å². The molecule has 0 bridgehead atoms. The summed E-state index contributed by atoms with van der Waals surface area (Å²) in [5, 5.41) is 0. The zero-order chi connectivity index (χ0) is 15.8. The number of benzene rings is 1. The summed E-state index contributed by atoms with van der Waals surface area (Å²) in [4.78, 5) is 14.2. The van der Waals surface area contributed by atoms with Crippen molar-refractivity contribution in [1.29, 1.82) is 0 Å². The summed E-state index contributed by atoms with van der Waals surface area (Å²) in [6.07, 6.45) is 0.498. The van der Waals surface area contributed by atoms with Gasteiger partial charge in [0.05, 0.1) is 24.2 Å². The van der Waals surface area contributed by atoms with E-state index in [4.69, 9.17) is 4.74 Å². The zero-order valence-corrected chi connectivity index (χ0v) is 13.7. The monoisotopic (exact) mass is 311 g/mol. The van der Waals surface area contributed by atoms with Crippen LogP contribution in [0.4, 0.5) is 0 Å². The molecule has 1 atom stereocenters. The molecule has 1 aromatic rings. The van der Waals surface area contributed by atoms with E-state index in [9.17, 15) is 13.2 Å². The summed E-state index contributed by atoms with van der Waals surface area (Å²) >= 11 is 0. The molecule has 1 fully saturated rings. The third-order valence-electron chi connectivity index (χ3n) is 4.12. The van der Waals surface area contributed by atoms with Crippen molar-refractivity contribution in [1.82, 2.24) is 4.90 Å². The molecule has 0 aliphatic carbocycles. The topological polar surface area (TPSA) is 63.7 Å². The van der Waals surface area contributed by atoms with Crippen LogP contribution in [0, 0.1) is 13.8 Å². The van der Waals surface area contributed by atoms with Gasteiger partial charge >= 0.3 is 0 Å². The third kappa shape index (κ3) is 3.20. The van der Waals surface area contributed by atoms with Gasteiger partial charge in [0.15, 0.2) is 9.84 Å². The molecule has 0 spiro atoms. The normalized spacial score (nSPS) is 20.3. The maximum Gasteiger partial charge on any atom is 0.257 e. The highest BCUT2D eigenvalue weighted by Gasteiger charge is 2.33. The minimum Gasteiger partial charge on any atom is -0.496 e. The average Bonchev–Trinajstić information content (AvgIpc) is 2.80. The van der Waals surface area contributed by atoms with Gasteiger partial charge in [0, 0.05) is 13.1 Å². The molecule has 1 aromatic carbocycles. The predicted molar refractivity (Wildman–Crippen MR) is 81.6 cm³/mol. The van der Waals surface area contributed by atoms with E-state index >= 15 is 0 Å². The van der Waals surface area contributed by atoms with Crippen LogP contribution in [0.15, 0.2) is 12.1 Å². The fourth-order valence-electron chi connectivity index (χ4n) is 2.56. The van der Waals surface area contributed by atoms with Crippen molar-refractivity contribution in [2.45, 2.75) is 26.3 Å². The molecular weight excluding hydrogens is 290 g/mol.